The number of rotatable bonds is 4. The summed E-state index contributed by atoms with van der Waals surface area (Å²) in [5, 5.41) is 2.87. The third-order valence-corrected chi connectivity index (χ3v) is 2.77. The quantitative estimate of drug-likeness (QED) is 0.826. The van der Waals surface area contributed by atoms with Gasteiger partial charge < -0.3 is 10.2 Å². The molecule has 0 heterocycles. The van der Waals surface area contributed by atoms with Gasteiger partial charge in [-0.1, -0.05) is 30.3 Å². The van der Waals surface area contributed by atoms with E-state index in [-0.39, 0.29) is 6.03 Å². The van der Waals surface area contributed by atoms with Gasteiger partial charge in [-0.15, -0.1) is 0 Å². The van der Waals surface area contributed by atoms with Crippen LogP contribution in [0, 0.1) is 0 Å². The second kappa shape index (κ2) is 5.01. The van der Waals surface area contributed by atoms with Crippen molar-refractivity contribution in [2.75, 3.05) is 6.54 Å². The third kappa shape index (κ3) is 2.75. The minimum absolute atomic E-state index is 0.0638. The number of hydrogen-bond donors (Lipinski definition) is 1. The van der Waals surface area contributed by atoms with E-state index in [1.807, 2.05) is 30.0 Å². The number of benzene rings is 1. The number of nitrogens with zero attached hydrogens (tertiary/aromatic N) is 1. The summed E-state index contributed by atoms with van der Waals surface area (Å²) >= 11 is 0. The van der Waals surface area contributed by atoms with Gasteiger partial charge in [0.2, 0.25) is 0 Å². The van der Waals surface area contributed by atoms with Crippen LogP contribution in [0.25, 0.3) is 0 Å². The molecule has 0 radical (unpaired) electrons. The largest absolute Gasteiger partial charge is 0.338 e. The number of nitrogens with one attached hydrogen (secondary N) is 1. The van der Waals surface area contributed by atoms with Gasteiger partial charge in [0, 0.05) is 19.1 Å². The van der Waals surface area contributed by atoms with Crippen molar-refractivity contribution in [2.24, 2.45) is 0 Å². The molecule has 0 unspecified atom stereocenters. The van der Waals surface area contributed by atoms with Crippen LogP contribution in [0.1, 0.15) is 25.3 Å². The predicted octanol–water partition coefficient (Wildman–Crippen LogP) is 2.38. The van der Waals surface area contributed by atoms with E-state index >= 15 is 0 Å². The molecule has 1 aromatic carbocycles. The first-order valence-corrected chi connectivity index (χ1v) is 5.89. The van der Waals surface area contributed by atoms with Crippen LogP contribution in [0.3, 0.4) is 0 Å². The van der Waals surface area contributed by atoms with E-state index < -0.39 is 0 Å². The lowest BCUT2D eigenvalue weighted by molar-refractivity contribution is 0.192. The Balaban J connectivity index is 2.00. The summed E-state index contributed by atoms with van der Waals surface area (Å²) in [6.45, 7) is 3.36. The summed E-state index contributed by atoms with van der Waals surface area (Å²) in [6, 6.07) is 10.7. The highest BCUT2D eigenvalue weighted by Crippen LogP contribution is 2.28. The van der Waals surface area contributed by atoms with E-state index in [2.05, 4.69) is 17.4 Å². The maximum atomic E-state index is 11.8. The Morgan fingerprint density at radius 3 is 2.62 bits per heavy atom. The summed E-state index contributed by atoms with van der Waals surface area (Å²) in [5.41, 5.74) is 1.20. The number of carbonyl (C=O) groups excluding carboxylic acids is 1. The Labute approximate surface area is 96.5 Å². The molecule has 2 amide bonds. The molecule has 1 fully saturated rings. The van der Waals surface area contributed by atoms with Crippen LogP contribution in [-0.2, 0) is 6.54 Å². The van der Waals surface area contributed by atoms with Crippen molar-refractivity contribution in [3.8, 4) is 0 Å². The summed E-state index contributed by atoms with van der Waals surface area (Å²) in [7, 11) is 0. The zero-order valence-electron chi connectivity index (χ0n) is 9.65. The molecule has 0 aromatic heterocycles. The van der Waals surface area contributed by atoms with Crippen molar-refractivity contribution < 1.29 is 4.79 Å². The fourth-order valence-corrected chi connectivity index (χ4v) is 1.79. The number of urea groups is 1. The van der Waals surface area contributed by atoms with E-state index in [9.17, 15) is 4.79 Å². The summed E-state index contributed by atoms with van der Waals surface area (Å²) in [6.07, 6.45) is 2.29. The van der Waals surface area contributed by atoms with Gasteiger partial charge in [-0.05, 0) is 25.3 Å². The van der Waals surface area contributed by atoms with Crippen LogP contribution < -0.4 is 5.32 Å². The Morgan fingerprint density at radius 2 is 2.06 bits per heavy atom. The average molecular weight is 218 g/mol. The molecule has 3 heteroatoms. The monoisotopic (exact) mass is 218 g/mol. The van der Waals surface area contributed by atoms with Crippen molar-refractivity contribution in [3.05, 3.63) is 35.9 Å². The van der Waals surface area contributed by atoms with Gasteiger partial charge in [0.25, 0.3) is 0 Å². The molecular weight excluding hydrogens is 200 g/mol. The normalized spacial score (nSPS) is 14.6. The molecule has 0 bridgehead atoms. The summed E-state index contributed by atoms with van der Waals surface area (Å²) in [4.78, 5) is 13.8. The highest BCUT2D eigenvalue weighted by molar-refractivity contribution is 5.74. The van der Waals surface area contributed by atoms with E-state index in [0.29, 0.717) is 12.6 Å². The van der Waals surface area contributed by atoms with Crippen molar-refractivity contribution in [3.63, 3.8) is 0 Å². The van der Waals surface area contributed by atoms with Crippen LogP contribution in [0.2, 0.25) is 0 Å². The third-order valence-electron chi connectivity index (χ3n) is 2.77. The van der Waals surface area contributed by atoms with Gasteiger partial charge in [0.1, 0.15) is 0 Å². The lowest BCUT2D eigenvalue weighted by atomic mass is 10.2. The van der Waals surface area contributed by atoms with Gasteiger partial charge in [0.05, 0.1) is 0 Å². The molecule has 1 N–H and O–H groups in total. The van der Waals surface area contributed by atoms with E-state index in [1.165, 1.54) is 5.56 Å². The van der Waals surface area contributed by atoms with Gasteiger partial charge in [-0.3, -0.25) is 0 Å². The minimum atomic E-state index is 0.0638. The molecular formula is C13H18N2O. The lowest BCUT2D eigenvalue weighted by Gasteiger charge is -2.22. The Morgan fingerprint density at radius 1 is 1.38 bits per heavy atom. The molecule has 1 aliphatic rings. The fourth-order valence-electron chi connectivity index (χ4n) is 1.79. The molecule has 0 spiro atoms. The smallest absolute Gasteiger partial charge is 0.317 e. The zero-order valence-corrected chi connectivity index (χ0v) is 9.65. The highest BCUT2D eigenvalue weighted by Gasteiger charge is 2.32. The highest BCUT2D eigenvalue weighted by atomic mass is 16.2. The molecule has 3 nitrogen and oxygen atoms in total. The van der Waals surface area contributed by atoms with Gasteiger partial charge in [0.15, 0.2) is 0 Å². The summed E-state index contributed by atoms with van der Waals surface area (Å²) in [5.74, 6) is 0. The molecule has 0 aliphatic heterocycles. The Hall–Kier alpha value is -1.51. The van der Waals surface area contributed by atoms with Crippen molar-refractivity contribution in [2.45, 2.75) is 32.4 Å². The van der Waals surface area contributed by atoms with Gasteiger partial charge in [-0.2, -0.15) is 0 Å². The van der Waals surface area contributed by atoms with Crippen LogP contribution in [0.5, 0.6) is 0 Å². The fraction of sp³-hybridized carbons (Fsp3) is 0.462. The SMILES string of the molecule is CCNC(=O)N(Cc1ccccc1)C1CC1. The predicted molar refractivity (Wildman–Crippen MR) is 64.1 cm³/mol. The van der Waals surface area contributed by atoms with Crippen LogP contribution >= 0.6 is 0 Å². The molecule has 0 saturated heterocycles. The first-order chi connectivity index (χ1) is 7.81. The number of carbonyl (C=O) groups is 1. The topological polar surface area (TPSA) is 32.3 Å². The van der Waals surface area contributed by atoms with Crippen molar-refractivity contribution >= 4 is 6.03 Å². The van der Waals surface area contributed by atoms with E-state index in [1.54, 1.807) is 0 Å². The van der Waals surface area contributed by atoms with Crippen molar-refractivity contribution in [1.29, 1.82) is 0 Å². The van der Waals surface area contributed by atoms with Gasteiger partial charge in [-0.25, -0.2) is 4.79 Å². The van der Waals surface area contributed by atoms with Crippen molar-refractivity contribution in [1.82, 2.24) is 10.2 Å². The lowest BCUT2D eigenvalue weighted by Crippen LogP contribution is -2.40. The Kier molecular flexibility index (Phi) is 3.44. The molecule has 2 rings (SSSR count). The average Bonchev–Trinajstić information content (AvgIpc) is 3.11. The van der Waals surface area contributed by atoms with Crippen LogP contribution in [0.4, 0.5) is 4.79 Å². The second-order valence-corrected chi connectivity index (χ2v) is 4.18. The van der Waals surface area contributed by atoms with E-state index in [4.69, 9.17) is 0 Å². The zero-order chi connectivity index (χ0) is 11.4. The number of amides is 2. The van der Waals surface area contributed by atoms with Gasteiger partial charge >= 0.3 is 6.03 Å². The molecule has 1 aromatic rings. The number of hydrogen-bond acceptors (Lipinski definition) is 1. The first-order valence-electron chi connectivity index (χ1n) is 5.89. The van der Waals surface area contributed by atoms with Crippen LogP contribution in [-0.4, -0.2) is 23.5 Å². The summed E-state index contributed by atoms with van der Waals surface area (Å²) < 4.78 is 0. The maximum Gasteiger partial charge on any atom is 0.317 e. The first kappa shape index (κ1) is 11.0. The molecule has 16 heavy (non-hydrogen) atoms. The molecule has 1 saturated carbocycles. The molecule has 86 valence electrons. The second-order valence-electron chi connectivity index (χ2n) is 4.18. The van der Waals surface area contributed by atoms with E-state index in [0.717, 1.165) is 19.4 Å². The Bertz CT molecular complexity index is 346. The minimum Gasteiger partial charge on any atom is -0.338 e. The molecule has 1 aliphatic carbocycles. The molecule has 0 atom stereocenters. The van der Waals surface area contributed by atoms with Crippen LogP contribution in [0.15, 0.2) is 30.3 Å². The standard InChI is InChI=1S/C13H18N2O/c1-2-14-13(16)15(12-8-9-12)10-11-6-4-3-5-7-11/h3-7,12H,2,8-10H2,1H3,(H,14,16). The maximum absolute atomic E-state index is 11.8.